The number of fused-ring (bicyclic) bond motifs is 1. The van der Waals surface area contributed by atoms with Crippen LogP contribution < -0.4 is 45.7 Å². The van der Waals surface area contributed by atoms with Gasteiger partial charge >= 0.3 is 29.6 Å². The number of hydrogen-bond donors (Lipinski definition) is 2. The van der Waals surface area contributed by atoms with Crippen molar-refractivity contribution >= 4 is 51.7 Å². The third-order valence-corrected chi connectivity index (χ3v) is 7.06. The summed E-state index contributed by atoms with van der Waals surface area (Å²) in [5.41, 5.74) is 5.22. The quantitative estimate of drug-likeness (QED) is 0.109. The van der Waals surface area contributed by atoms with Gasteiger partial charge in [0.1, 0.15) is 25.0 Å². The number of imidazole rings is 1. The van der Waals surface area contributed by atoms with Crippen LogP contribution >= 0.6 is 23.1 Å². The van der Waals surface area contributed by atoms with E-state index in [9.17, 15) is 23.9 Å². The molecule has 2 aliphatic heterocycles. The second-order valence-electron chi connectivity index (χ2n) is 7.28. The zero-order valence-electron chi connectivity index (χ0n) is 18.8. The number of anilines is 1. The third kappa shape index (κ3) is 5.53. The topological polar surface area (TPSA) is 168 Å². The van der Waals surface area contributed by atoms with Crippen LogP contribution in [0.1, 0.15) is 18.5 Å². The number of carbonyl (C=O) groups excluding carboxylic acids is 3. The van der Waals surface area contributed by atoms with Crippen molar-refractivity contribution in [3.05, 3.63) is 34.1 Å². The molecule has 12 nitrogen and oxygen atoms in total. The molecule has 0 aromatic carbocycles. The second-order valence-corrected chi connectivity index (χ2v) is 9.23. The molecule has 2 aromatic heterocycles. The van der Waals surface area contributed by atoms with Gasteiger partial charge in [0.25, 0.3) is 11.8 Å². The molecule has 0 unspecified atom stereocenters. The van der Waals surface area contributed by atoms with E-state index in [-0.39, 0.29) is 58.4 Å². The average molecular weight is 532 g/mol. The number of oxime groups is 1. The van der Waals surface area contributed by atoms with Gasteiger partial charge in [-0.15, -0.1) is 11.3 Å². The predicted molar refractivity (Wildman–Crippen MR) is 118 cm³/mol. The number of β-lactam (4-membered cyclic amide) rings is 1. The van der Waals surface area contributed by atoms with E-state index in [1.807, 2.05) is 0 Å². The maximum atomic E-state index is 12.9. The zero-order chi connectivity index (χ0) is 24.4. The molecule has 0 radical (unpaired) electrons. The summed E-state index contributed by atoms with van der Waals surface area (Å²) in [5.74, 6) is -2.87. The Hall–Kier alpha value is -2.46. The van der Waals surface area contributed by atoms with Crippen LogP contribution in [0.3, 0.4) is 0 Å². The number of nitrogens with zero attached hydrogens (tertiary/aromatic N) is 5. The van der Waals surface area contributed by atoms with Gasteiger partial charge in [0, 0.05) is 29.7 Å². The van der Waals surface area contributed by atoms with Crippen LogP contribution in [0.4, 0.5) is 9.52 Å². The number of amides is 2. The summed E-state index contributed by atoms with van der Waals surface area (Å²) >= 11 is 2.22. The summed E-state index contributed by atoms with van der Waals surface area (Å²) in [6.45, 7) is -1.18. The van der Waals surface area contributed by atoms with Crippen molar-refractivity contribution in [3.8, 4) is 0 Å². The predicted octanol–water partition coefficient (Wildman–Crippen LogP) is -3.60. The van der Waals surface area contributed by atoms with Crippen LogP contribution in [0.5, 0.6) is 0 Å². The van der Waals surface area contributed by atoms with E-state index < -0.39 is 36.5 Å². The smallest absolute Gasteiger partial charge is 0.543 e. The number of halogens is 1. The summed E-state index contributed by atoms with van der Waals surface area (Å²) in [6, 6.07) is -1.56. The van der Waals surface area contributed by atoms with Crippen LogP contribution in [0.15, 0.2) is 38.7 Å². The molecule has 0 bridgehead atoms. The van der Waals surface area contributed by atoms with Crippen molar-refractivity contribution in [2.75, 3.05) is 19.0 Å². The summed E-state index contributed by atoms with van der Waals surface area (Å²) in [6.07, 6.45) is 4.07. The van der Waals surface area contributed by atoms with Crippen LogP contribution in [-0.4, -0.2) is 68.3 Å². The molecule has 2 atom stereocenters. The molecule has 3 N–H and O–H groups in total. The maximum absolute atomic E-state index is 12.9. The van der Waals surface area contributed by atoms with Gasteiger partial charge in [-0.1, -0.05) is 16.9 Å². The number of thioether (sulfide) groups is 1. The SMILES string of the molecule is Cn1ccnc1SC1=C(C(=O)[O-])N2C(=O)[C@@H](NC(=O)/C(=N/OCCF)c3csc(N)n3)[C@H]2CC1.[Na+]. The van der Waals surface area contributed by atoms with Crippen LogP contribution in [0, 0.1) is 0 Å². The first-order valence-electron chi connectivity index (χ1n) is 10.0. The molecule has 0 spiro atoms. The number of aryl methyl sites for hydroxylation is 1. The summed E-state index contributed by atoms with van der Waals surface area (Å²) in [5, 5.41) is 20.3. The number of thiazole rings is 1. The van der Waals surface area contributed by atoms with Gasteiger partial charge in [0.15, 0.2) is 16.0 Å². The fourth-order valence-corrected chi connectivity index (χ4v) is 5.22. The molecule has 2 aromatic rings. The summed E-state index contributed by atoms with van der Waals surface area (Å²) in [7, 11) is 1.77. The molecule has 0 saturated carbocycles. The van der Waals surface area contributed by atoms with E-state index in [1.54, 1.807) is 24.0 Å². The minimum Gasteiger partial charge on any atom is -0.543 e. The second kappa shape index (κ2) is 11.5. The van der Waals surface area contributed by atoms with Gasteiger partial charge < -0.3 is 35.3 Å². The molecular weight excluding hydrogens is 512 g/mol. The Morgan fingerprint density at radius 1 is 1.49 bits per heavy atom. The first kappa shape index (κ1) is 27.1. The first-order valence-corrected chi connectivity index (χ1v) is 11.7. The minimum absolute atomic E-state index is 0. The van der Waals surface area contributed by atoms with E-state index in [1.165, 1.54) is 5.38 Å². The molecule has 180 valence electrons. The van der Waals surface area contributed by atoms with E-state index >= 15 is 0 Å². The van der Waals surface area contributed by atoms with Gasteiger partial charge in [-0.3, -0.25) is 9.59 Å². The number of carboxylic acids is 1. The van der Waals surface area contributed by atoms with Crippen molar-refractivity contribution < 1.29 is 58.3 Å². The molecule has 2 aliphatic rings. The molecular formula is C19H19FN7NaO5S2. The Bertz CT molecular complexity index is 1200. The molecule has 16 heteroatoms. The minimum atomic E-state index is -1.49. The molecule has 4 heterocycles. The van der Waals surface area contributed by atoms with Gasteiger partial charge in [0.05, 0.1) is 17.7 Å². The van der Waals surface area contributed by atoms with Crippen molar-refractivity contribution in [3.63, 3.8) is 0 Å². The Kier molecular flexibility index (Phi) is 8.93. The molecule has 35 heavy (non-hydrogen) atoms. The Morgan fingerprint density at radius 3 is 2.86 bits per heavy atom. The summed E-state index contributed by atoms with van der Waals surface area (Å²) in [4.78, 5) is 52.2. The fraction of sp³-hybridized carbons (Fsp3) is 0.368. The molecule has 1 fully saturated rings. The van der Waals surface area contributed by atoms with E-state index in [0.717, 1.165) is 28.0 Å². The average Bonchev–Trinajstić information content (AvgIpc) is 3.42. The molecule has 4 rings (SSSR count). The number of nitrogens with two attached hydrogens (primary N) is 1. The normalized spacial score (nSPS) is 19.5. The van der Waals surface area contributed by atoms with Crippen LogP contribution in [0.25, 0.3) is 0 Å². The molecule has 1 saturated heterocycles. The maximum Gasteiger partial charge on any atom is 1.00 e. The van der Waals surface area contributed by atoms with Crippen molar-refractivity contribution in [1.82, 2.24) is 24.8 Å². The largest absolute Gasteiger partial charge is 1.00 e. The number of alkyl halides is 1. The van der Waals surface area contributed by atoms with Crippen molar-refractivity contribution in [2.45, 2.75) is 30.1 Å². The summed E-state index contributed by atoms with van der Waals surface area (Å²) < 4.78 is 14.1. The van der Waals surface area contributed by atoms with E-state index in [0.29, 0.717) is 22.9 Å². The number of nitrogen functional groups attached to an aromatic ring is 1. The van der Waals surface area contributed by atoms with Crippen molar-refractivity contribution in [1.29, 1.82) is 0 Å². The van der Waals surface area contributed by atoms with Gasteiger partial charge in [-0.2, -0.15) is 0 Å². The van der Waals surface area contributed by atoms with Gasteiger partial charge in [0.2, 0.25) is 0 Å². The van der Waals surface area contributed by atoms with Crippen molar-refractivity contribution in [2.24, 2.45) is 12.2 Å². The Labute approximate surface area is 229 Å². The van der Waals surface area contributed by atoms with Gasteiger partial charge in [-0.05, 0) is 12.8 Å². The first-order chi connectivity index (χ1) is 16.3. The Morgan fingerprint density at radius 2 is 2.26 bits per heavy atom. The van der Waals surface area contributed by atoms with E-state index in [4.69, 9.17) is 10.6 Å². The Balaban J connectivity index is 0.00000342. The van der Waals surface area contributed by atoms with E-state index in [2.05, 4.69) is 20.4 Å². The number of aliphatic carboxylic acids is 1. The number of carboxylic acid groups (broad SMARTS) is 1. The number of aromatic nitrogens is 3. The monoisotopic (exact) mass is 531 g/mol. The van der Waals surface area contributed by atoms with Crippen LogP contribution in [-0.2, 0) is 26.3 Å². The van der Waals surface area contributed by atoms with Gasteiger partial charge in [-0.25, -0.2) is 14.4 Å². The zero-order valence-corrected chi connectivity index (χ0v) is 22.4. The number of rotatable bonds is 9. The standard InChI is InChI=1S/C19H20FN7O5S2.Na/c1-26-6-5-22-19(26)34-11-3-2-10-13(16(29)27(10)14(11)17(30)31)24-15(28)12(25-32-7-4-20)9-8-33-18(21)23-9;/h5-6,8,10,13H,2-4,7H2,1H3,(H2,21,23)(H,24,28)(H,30,31);/q;+1/p-1/b25-12+;/t10-,13+;/m1./s1. The third-order valence-electron chi connectivity index (χ3n) is 5.17. The number of hydrogen-bond acceptors (Lipinski definition) is 11. The number of carbonyl (C=O) groups is 3. The number of allylic oxidation sites excluding steroid dienone is 1. The number of nitrogens with one attached hydrogen (secondary N) is 1. The molecule has 2 amide bonds. The fourth-order valence-electron chi connectivity index (χ4n) is 3.63. The molecule has 0 aliphatic carbocycles. The van der Waals surface area contributed by atoms with Crippen LogP contribution in [0.2, 0.25) is 0 Å².